The predicted molar refractivity (Wildman–Crippen MR) is 297 cm³/mol. The fourth-order valence-corrected chi connectivity index (χ4v) is 11.3. The van der Waals surface area contributed by atoms with Gasteiger partial charge in [0.05, 0.1) is 11.4 Å². The number of unbranched alkanes of at least 4 members (excludes halogenated alkanes) is 4. The Morgan fingerprint density at radius 1 is 0.653 bits per heavy atom. The summed E-state index contributed by atoms with van der Waals surface area (Å²) < 4.78 is 2.35. The van der Waals surface area contributed by atoms with Gasteiger partial charge in [-0.2, -0.15) is 4.58 Å². The number of nitrogens with one attached hydrogen (secondary N) is 2. The van der Waals surface area contributed by atoms with E-state index in [9.17, 15) is 19.5 Å². The van der Waals surface area contributed by atoms with Crippen molar-refractivity contribution in [3.05, 3.63) is 124 Å². The third-order valence-electron chi connectivity index (χ3n) is 16.1. The first-order valence-corrected chi connectivity index (χ1v) is 28.6. The van der Waals surface area contributed by atoms with Gasteiger partial charge in [-0.05, 0) is 118 Å². The number of allylic oxidation sites excluding steroid dienone is 5. The molecular formula is C64H86N4O4. The lowest BCUT2D eigenvalue weighted by Crippen LogP contribution is -2.36. The number of aryl methyl sites for hydroxylation is 2. The van der Waals surface area contributed by atoms with Crippen molar-refractivity contribution in [3.63, 3.8) is 0 Å². The van der Waals surface area contributed by atoms with E-state index in [1.54, 1.807) is 0 Å². The summed E-state index contributed by atoms with van der Waals surface area (Å²) in [5.74, 6) is -0.202. The Hall–Kier alpha value is -5.50. The largest absolute Gasteiger partial charge is 0.871 e. The van der Waals surface area contributed by atoms with E-state index in [2.05, 4.69) is 110 Å². The molecule has 7 rings (SSSR count). The van der Waals surface area contributed by atoms with Crippen LogP contribution >= 0.6 is 0 Å². The molecular weight excluding hydrogens is 889 g/mol. The molecule has 0 aromatic heterocycles. The van der Waals surface area contributed by atoms with Crippen molar-refractivity contribution in [2.45, 2.75) is 183 Å². The first kappa shape index (κ1) is 54.3. The van der Waals surface area contributed by atoms with E-state index in [1.807, 2.05) is 36.4 Å². The minimum atomic E-state index is -0.372. The van der Waals surface area contributed by atoms with Gasteiger partial charge < -0.3 is 20.6 Å². The Balaban J connectivity index is 1.33. The first-order valence-electron chi connectivity index (χ1n) is 28.6. The molecule has 0 aliphatic heterocycles. The molecule has 0 heterocycles. The monoisotopic (exact) mass is 975 g/mol. The summed E-state index contributed by atoms with van der Waals surface area (Å²) in [7, 11) is 0. The average Bonchev–Trinajstić information content (AvgIpc) is 4.16. The van der Waals surface area contributed by atoms with E-state index < -0.39 is 0 Å². The van der Waals surface area contributed by atoms with Crippen LogP contribution < -0.4 is 20.6 Å². The maximum atomic E-state index is 14.9. The third-order valence-corrected chi connectivity index (χ3v) is 16.1. The molecule has 2 saturated carbocycles. The molecule has 2 fully saturated rings. The topological polar surface area (TPSA) is 105 Å². The van der Waals surface area contributed by atoms with Crippen molar-refractivity contribution in [3.8, 4) is 0 Å². The zero-order valence-electron chi connectivity index (χ0n) is 44.9. The normalized spacial score (nSPS) is 18.8. The van der Waals surface area contributed by atoms with Gasteiger partial charge in [-0.25, -0.2) is 0 Å². The second kappa shape index (κ2) is 27.0. The maximum Gasteiger partial charge on any atom is 0.227 e. The minimum absolute atomic E-state index is 0.0659. The second-order valence-electron chi connectivity index (χ2n) is 21.4. The number of carbonyl (C=O) groups is 3. The van der Waals surface area contributed by atoms with Crippen LogP contribution in [0, 0.1) is 23.7 Å². The van der Waals surface area contributed by atoms with Gasteiger partial charge in [-0.1, -0.05) is 148 Å². The summed E-state index contributed by atoms with van der Waals surface area (Å²) in [6.45, 7) is 15.1. The van der Waals surface area contributed by atoms with Crippen molar-refractivity contribution in [1.82, 2.24) is 5.32 Å². The number of rotatable bonds is 26. The van der Waals surface area contributed by atoms with Crippen LogP contribution in [-0.2, 0) is 27.2 Å². The fourth-order valence-electron chi connectivity index (χ4n) is 11.3. The van der Waals surface area contributed by atoms with Crippen LogP contribution in [0.5, 0.6) is 0 Å². The first-order chi connectivity index (χ1) is 35.1. The van der Waals surface area contributed by atoms with Crippen molar-refractivity contribution < 1.29 is 24.1 Å². The number of hydrogen-bond donors (Lipinski definition) is 2. The molecule has 2 N–H and O–H groups in total. The summed E-state index contributed by atoms with van der Waals surface area (Å²) in [5, 5.41) is 21.4. The summed E-state index contributed by atoms with van der Waals surface area (Å²) in [5.41, 5.74) is 8.61. The highest BCUT2D eigenvalue weighted by Gasteiger charge is 2.36. The number of nitrogens with zero attached hydrogens (tertiary/aromatic N) is 2. The number of ketones is 1. The summed E-state index contributed by atoms with van der Waals surface area (Å²) >= 11 is 0. The number of carbonyl (C=O) groups excluding carboxylic acids is 3. The molecule has 4 aliphatic carbocycles. The average molecular weight is 975 g/mol. The van der Waals surface area contributed by atoms with Gasteiger partial charge in [0.15, 0.2) is 12.3 Å². The highest BCUT2D eigenvalue weighted by molar-refractivity contribution is 6.40. The third kappa shape index (κ3) is 13.6. The lowest BCUT2D eigenvalue weighted by Gasteiger charge is -2.35. The molecule has 3 aromatic rings. The van der Waals surface area contributed by atoms with Gasteiger partial charge in [-0.15, -0.1) is 0 Å². The Bertz CT molecular complexity index is 2480. The van der Waals surface area contributed by atoms with E-state index >= 15 is 0 Å². The van der Waals surface area contributed by atoms with E-state index in [0.717, 1.165) is 177 Å². The molecule has 8 nitrogen and oxygen atoms in total. The van der Waals surface area contributed by atoms with Crippen LogP contribution in [0.4, 0.5) is 22.7 Å². The standard InChI is InChI=1S/C64H86N4O4/c1-7-13-21-45(11-5)43-67(51-33-29-47(30-34-51)23-15-9-3)53-37-39-55(57(41-53)65-63(71)49-25-17-18-26-49)59-61(69)60(62(59)70)56-40-38-54(42-58(56)66-64(72)50-27-19-20-28-50)68(44-46(12-6)22-14-8-2)52-35-31-48(32-36-52)24-16-10-4/h29-42,45-46,49-50H,7-28,43-44H2,1-6H3,(H2,65,66,69,70,71,72). The summed E-state index contributed by atoms with van der Waals surface area (Å²) in [4.78, 5) is 45.3. The van der Waals surface area contributed by atoms with Crippen LogP contribution in [-0.4, -0.2) is 41.0 Å². The molecule has 386 valence electrons. The molecule has 0 bridgehead atoms. The fraction of sp³-hybridized carbons (Fsp3) is 0.531. The number of benzene rings is 3. The molecule has 4 aliphatic rings. The smallest absolute Gasteiger partial charge is 0.227 e. The molecule has 2 unspecified atom stereocenters. The second-order valence-corrected chi connectivity index (χ2v) is 21.4. The van der Waals surface area contributed by atoms with Crippen LogP contribution in [0.1, 0.15) is 187 Å². The zero-order chi connectivity index (χ0) is 51.0. The zero-order valence-corrected chi connectivity index (χ0v) is 44.9. The molecule has 72 heavy (non-hydrogen) atoms. The SMILES string of the molecule is CCCCc1ccc(N(CC(CC)CCCC)c2ccc(C3=C([O-])/C(=C4/C=CC(=[N+](CC(CC)CCCC)c5ccc(CCCC)cc5)C=C4NC(=O)C4CCCC4)C3=O)c(NC(=O)C3CCCC3)c2)cc1. The van der Waals surface area contributed by atoms with Gasteiger partial charge in [-0.3, -0.25) is 14.4 Å². The van der Waals surface area contributed by atoms with Crippen LogP contribution in [0.2, 0.25) is 0 Å². The number of Topliss-reactive ketones (excluding diaryl/α,β-unsaturated/α-hetero) is 1. The quantitative estimate of drug-likeness (QED) is 0.0616. The van der Waals surface area contributed by atoms with Crippen molar-refractivity contribution in [2.24, 2.45) is 23.7 Å². The predicted octanol–water partition coefficient (Wildman–Crippen LogP) is 14.6. The van der Waals surface area contributed by atoms with E-state index in [0.29, 0.717) is 34.4 Å². The number of amides is 2. The van der Waals surface area contributed by atoms with Gasteiger partial charge in [0.1, 0.15) is 0 Å². The lowest BCUT2D eigenvalue weighted by atomic mass is 9.78. The maximum absolute atomic E-state index is 14.9. The minimum Gasteiger partial charge on any atom is -0.871 e. The van der Waals surface area contributed by atoms with E-state index in [-0.39, 0.29) is 46.3 Å². The van der Waals surface area contributed by atoms with Crippen molar-refractivity contribution >= 4 is 51.6 Å². The van der Waals surface area contributed by atoms with Crippen LogP contribution in [0.3, 0.4) is 0 Å². The van der Waals surface area contributed by atoms with E-state index in [4.69, 9.17) is 0 Å². The van der Waals surface area contributed by atoms with Gasteiger partial charge >= 0.3 is 0 Å². The summed E-state index contributed by atoms with van der Waals surface area (Å²) in [6, 6.07) is 23.7. The Labute approximate surface area is 433 Å². The molecule has 0 spiro atoms. The van der Waals surface area contributed by atoms with Crippen molar-refractivity contribution in [1.29, 1.82) is 0 Å². The van der Waals surface area contributed by atoms with Crippen LogP contribution in [0.15, 0.2) is 108 Å². The Kier molecular flexibility index (Phi) is 20.3. The van der Waals surface area contributed by atoms with Crippen LogP contribution in [0.25, 0.3) is 5.57 Å². The number of hydrogen-bond acceptors (Lipinski definition) is 5. The summed E-state index contributed by atoms with van der Waals surface area (Å²) in [6.07, 6.45) is 28.8. The molecule has 3 aromatic carbocycles. The molecule has 2 atom stereocenters. The molecule has 2 amide bonds. The number of anilines is 3. The van der Waals surface area contributed by atoms with Gasteiger partial charge in [0, 0.05) is 82.2 Å². The lowest BCUT2D eigenvalue weighted by molar-refractivity contribution is -0.448. The van der Waals surface area contributed by atoms with Crippen molar-refractivity contribution in [2.75, 3.05) is 23.3 Å². The van der Waals surface area contributed by atoms with E-state index in [1.165, 1.54) is 11.1 Å². The molecule has 0 radical (unpaired) electrons. The Morgan fingerprint density at radius 2 is 1.19 bits per heavy atom. The van der Waals surface area contributed by atoms with Gasteiger partial charge in [0.25, 0.3) is 0 Å². The highest BCUT2D eigenvalue weighted by atomic mass is 16.3. The molecule has 0 saturated heterocycles. The highest BCUT2D eigenvalue weighted by Crippen LogP contribution is 2.44. The molecule has 8 heteroatoms. The Morgan fingerprint density at radius 3 is 1.75 bits per heavy atom. The van der Waals surface area contributed by atoms with Gasteiger partial charge in [0.2, 0.25) is 23.2 Å².